The van der Waals surface area contributed by atoms with E-state index < -0.39 is 10.0 Å². The molecular formula is C17H27ClN4O4S. The summed E-state index contributed by atoms with van der Waals surface area (Å²) in [6, 6.07) is 6.12. The second-order valence-corrected chi connectivity index (χ2v) is 8.21. The number of halogens is 1. The Balaban J connectivity index is 0.00000364. The second-order valence-electron chi connectivity index (χ2n) is 6.27. The first-order valence-electron chi connectivity index (χ1n) is 8.53. The molecule has 0 unspecified atom stereocenters. The van der Waals surface area contributed by atoms with Crippen LogP contribution in [0.5, 0.6) is 0 Å². The van der Waals surface area contributed by atoms with Crippen LogP contribution >= 0.6 is 12.4 Å². The van der Waals surface area contributed by atoms with Gasteiger partial charge in [-0.2, -0.15) is 4.31 Å². The van der Waals surface area contributed by atoms with E-state index in [9.17, 15) is 18.0 Å². The number of benzene rings is 1. The van der Waals surface area contributed by atoms with Crippen molar-refractivity contribution in [3.8, 4) is 0 Å². The van der Waals surface area contributed by atoms with E-state index in [1.165, 1.54) is 23.4 Å². The molecule has 10 heteroatoms. The van der Waals surface area contributed by atoms with Crippen molar-refractivity contribution in [2.45, 2.75) is 11.8 Å². The molecule has 1 aliphatic heterocycles. The summed E-state index contributed by atoms with van der Waals surface area (Å²) in [7, 11) is -0.212. The van der Waals surface area contributed by atoms with E-state index in [2.05, 4.69) is 5.32 Å². The Labute approximate surface area is 167 Å². The highest BCUT2D eigenvalue weighted by Crippen LogP contribution is 2.19. The maximum atomic E-state index is 12.9. The summed E-state index contributed by atoms with van der Waals surface area (Å²) in [5.41, 5.74) is 0.340. The second kappa shape index (κ2) is 10.0. The van der Waals surface area contributed by atoms with Crippen LogP contribution in [0, 0.1) is 0 Å². The first-order valence-corrected chi connectivity index (χ1v) is 9.97. The van der Waals surface area contributed by atoms with Crippen LogP contribution in [0.25, 0.3) is 0 Å². The molecule has 2 amide bonds. The first-order chi connectivity index (χ1) is 12.3. The average molecular weight is 419 g/mol. The largest absolute Gasteiger partial charge is 0.340 e. The van der Waals surface area contributed by atoms with Gasteiger partial charge in [-0.3, -0.25) is 9.59 Å². The van der Waals surface area contributed by atoms with Gasteiger partial charge in [0.25, 0.3) is 5.91 Å². The topological polar surface area (TPSA) is 90.0 Å². The number of hydrogen-bond acceptors (Lipinski definition) is 5. The molecule has 1 fully saturated rings. The van der Waals surface area contributed by atoms with E-state index in [0.717, 1.165) is 0 Å². The van der Waals surface area contributed by atoms with Crippen LogP contribution in [-0.2, 0) is 14.8 Å². The molecule has 1 N–H and O–H groups in total. The molecule has 2 rings (SSSR count). The summed E-state index contributed by atoms with van der Waals surface area (Å²) < 4.78 is 27.1. The van der Waals surface area contributed by atoms with Crippen molar-refractivity contribution in [2.75, 3.05) is 53.4 Å². The predicted molar refractivity (Wildman–Crippen MR) is 106 cm³/mol. The summed E-state index contributed by atoms with van der Waals surface area (Å²) in [6.07, 6.45) is 0. The lowest BCUT2D eigenvalue weighted by Gasteiger charge is -2.33. The molecule has 0 bridgehead atoms. The van der Waals surface area contributed by atoms with Crippen molar-refractivity contribution in [3.63, 3.8) is 0 Å². The van der Waals surface area contributed by atoms with Gasteiger partial charge in [-0.1, -0.05) is 6.07 Å². The Morgan fingerprint density at radius 3 is 2.37 bits per heavy atom. The molecule has 0 spiro atoms. The number of amides is 2. The number of rotatable bonds is 6. The number of nitrogens with zero attached hydrogens (tertiary/aromatic N) is 3. The summed E-state index contributed by atoms with van der Waals surface area (Å²) in [4.78, 5) is 27.1. The zero-order valence-electron chi connectivity index (χ0n) is 15.8. The zero-order chi connectivity index (χ0) is 19.3. The van der Waals surface area contributed by atoms with E-state index in [-0.39, 0.29) is 42.2 Å². The molecule has 1 aromatic rings. The number of carbonyl (C=O) groups excluding carboxylic acids is 2. The lowest BCUT2D eigenvalue weighted by molar-refractivity contribution is -0.129. The maximum absolute atomic E-state index is 12.9. The summed E-state index contributed by atoms with van der Waals surface area (Å²) in [6.45, 7) is 3.91. The van der Waals surface area contributed by atoms with E-state index in [0.29, 0.717) is 31.7 Å². The maximum Gasteiger partial charge on any atom is 0.253 e. The molecule has 0 saturated carbocycles. The molecule has 1 heterocycles. The lowest BCUT2D eigenvalue weighted by atomic mass is 10.2. The van der Waals surface area contributed by atoms with Crippen molar-refractivity contribution in [2.24, 2.45) is 0 Å². The van der Waals surface area contributed by atoms with E-state index in [1.807, 2.05) is 0 Å². The van der Waals surface area contributed by atoms with Crippen LogP contribution < -0.4 is 5.32 Å². The van der Waals surface area contributed by atoms with Gasteiger partial charge in [0.05, 0.1) is 4.90 Å². The Hall–Kier alpha value is -1.68. The number of nitrogens with one attached hydrogen (secondary N) is 1. The molecule has 0 radical (unpaired) electrons. The first kappa shape index (κ1) is 23.4. The van der Waals surface area contributed by atoms with Crippen molar-refractivity contribution in [3.05, 3.63) is 29.8 Å². The highest BCUT2D eigenvalue weighted by molar-refractivity contribution is 7.89. The Bertz CT molecular complexity index is 764. The van der Waals surface area contributed by atoms with Crippen LogP contribution in [0.1, 0.15) is 17.3 Å². The monoisotopic (exact) mass is 418 g/mol. The molecule has 0 atom stereocenters. The highest BCUT2D eigenvalue weighted by atomic mass is 35.5. The van der Waals surface area contributed by atoms with E-state index in [4.69, 9.17) is 0 Å². The molecule has 1 aromatic carbocycles. The average Bonchev–Trinajstić information content (AvgIpc) is 2.65. The van der Waals surface area contributed by atoms with Gasteiger partial charge in [0, 0.05) is 58.8 Å². The van der Waals surface area contributed by atoms with Gasteiger partial charge in [-0.05, 0) is 25.2 Å². The Morgan fingerprint density at radius 1 is 1.19 bits per heavy atom. The predicted octanol–water partition coefficient (Wildman–Crippen LogP) is 0.253. The van der Waals surface area contributed by atoms with Crippen molar-refractivity contribution < 1.29 is 18.0 Å². The van der Waals surface area contributed by atoms with Gasteiger partial charge in [0.2, 0.25) is 15.9 Å². The lowest BCUT2D eigenvalue weighted by Crippen LogP contribution is -2.49. The smallest absolute Gasteiger partial charge is 0.253 e. The number of piperazine rings is 1. The third kappa shape index (κ3) is 5.65. The van der Waals surface area contributed by atoms with Gasteiger partial charge in [0.1, 0.15) is 0 Å². The van der Waals surface area contributed by atoms with Gasteiger partial charge in [0.15, 0.2) is 0 Å². The molecular weight excluding hydrogens is 392 g/mol. The van der Waals surface area contributed by atoms with Gasteiger partial charge < -0.3 is 15.1 Å². The van der Waals surface area contributed by atoms with E-state index >= 15 is 0 Å². The normalized spacial score (nSPS) is 15.1. The van der Waals surface area contributed by atoms with Crippen LogP contribution in [0.2, 0.25) is 0 Å². The summed E-state index contributed by atoms with van der Waals surface area (Å²) in [5.74, 6) is -0.280. The molecule has 1 saturated heterocycles. The number of carbonyl (C=O) groups is 2. The number of likely N-dealkylation sites (N-methyl/N-ethyl adjacent to an activating group) is 2. The molecule has 0 aliphatic carbocycles. The fraction of sp³-hybridized carbons (Fsp3) is 0.529. The van der Waals surface area contributed by atoms with Crippen LogP contribution in [-0.4, -0.2) is 87.7 Å². The molecule has 27 heavy (non-hydrogen) atoms. The minimum atomic E-state index is -3.70. The fourth-order valence-electron chi connectivity index (χ4n) is 2.78. The van der Waals surface area contributed by atoms with Crippen molar-refractivity contribution in [1.82, 2.24) is 19.4 Å². The van der Waals surface area contributed by atoms with Gasteiger partial charge in [-0.25, -0.2) is 8.42 Å². The van der Waals surface area contributed by atoms with Crippen LogP contribution in [0.15, 0.2) is 29.2 Å². The minimum absolute atomic E-state index is 0. The SMILES string of the molecule is CNCCN(C)C(=O)c1cccc(S(=O)(=O)N2CCN(C(C)=O)CC2)c1.Cl. The molecule has 0 aromatic heterocycles. The highest BCUT2D eigenvalue weighted by Gasteiger charge is 2.29. The quantitative estimate of drug-likeness (QED) is 0.715. The third-order valence-electron chi connectivity index (χ3n) is 4.45. The van der Waals surface area contributed by atoms with Crippen LogP contribution in [0.4, 0.5) is 0 Å². The summed E-state index contributed by atoms with van der Waals surface area (Å²) in [5, 5.41) is 2.97. The van der Waals surface area contributed by atoms with Crippen molar-refractivity contribution in [1.29, 1.82) is 0 Å². The number of sulfonamides is 1. The van der Waals surface area contributed by atoms with Gasteiger partial charge >= 0.3 is 0 Å². The molecule has 8 nitrogen and oxygen atoms in total. The van der Waals surface area contributed by atoms with Crippen LogP contribution in [0.3, 0.4) is 0 Å². The Kier molecular flexibility index (Phi) is 8.67. The molecule has 152 valence electrons. The minimum Gasteiger partial charge on any atom is -0.340 e. The standard InChI is InChI=1S/C17H26N4O4S.ClH/c1-14(22)20-9-11-21(12-10-20)26(24,25)16-6-4-5-15(13-16)17(23)19(3)8-7-18-2;/h4-6,13,18H,7-12H2,1-3H3;1H. The zero-order valence-corrected chi connectivity index (χ0v) is 17.5. The third-order valence-corrected chi connectivity index (χ3v) is 6.34. The van der Waals surface area contributed by atoms with Gasteiger partial charge in [-0.15, -0.1) is 12.4 Å². The summed E-state index contributed by atoms with van der Waals surface area (Å²) >= 11 is 0. The number of hydrogen-bond donors (Lipinski definition) is 1. The van der Waals surface area contributed by atoms with E-state index in [1.54, 1.807) is 36.0 Å². The molecule has 1 aliphatic rings. The fourth-order valence-corrected chi connectivity index (χ4v) is 4.25. The van der Waals surface area contributed by atoms with Crippen molar-refractivity contribution >= 4 is 34.2 Å². The Morgan fingerprint density at radius 2 is 1.81 bits per heavy atom.